The van der Waals surface area contributed by atoms with Crippen LogP contribution in [-0.4, -0.2) is 5.84 Å². The number of hydrogen-bond donors (Lipinski definition) is 4. The Morgan fingerprint density at radius 2 is 1.65 bits per heavy atom. The van der Waals surface area contributed by atoms with E-state index in [-0.39, 0.29) is 16.4 Å². The van der Waals surface area contributed by atoms with Crippen LogP contribution in [0.25, 0.3) is 5.70 Å². The molecule has 0 saturated heterocycles. The lowest BCUT2D eigenvalue weighted by Crippen LogP contribution is -2.19. The van der Waals surface area contributed by atoms with Crippen LogP contribution in [0.5, 0.6) is 0 Å². The molecule has 7 N–H and O–H groups in total. The summed E-state index contributed by atoms with van der Waals surface area (Å²) in [6.45, 7) is 1.62. The highest BCUT2D eigenvalue weighted by Crippen LogP contribution is 2.24. The highest BCUT2D eigenvalue weighted by molar-refractivity contribution is 6.38. The van der Waals surface area contributed by atoms with Crippen LogP contribution in [0.1, 0.15) is 12.5 Å². The normalized spacial score (nSPS) is 13.8. The van der Waals surface area contributed by atoms with Gasteiger partial charge < -0.3 is 17.2 Å². The molecule has 17 heavy (non-hydrogen) atoms. The summed E-state index contributed by atoms with van der Waals surface area (Å²) < 4.78 is 0. The highest BCUT2D eigenvalue weighted by atomic mass is 35.5. The number of nitrogens with one attached hydrogen (secondary N) is 1. The van der Waals surface area contributed by atoms with Gasteiger partial charge >= 0.3 is 0 Å². The van der Waals surface area contributed by atoms with Gasteiger partial charge in [-0.2, -0.15) is 0 Å². The van der Waals surface area contributed by atoms with Gasteiger partial charge in [0, 0.05) is 5.70 Å². The molecule has 4 nitrogen and oxygen atoms in total. The molecule has 90 valence electrons. The molecule has 0 bridgehead atoms. The molecular formula is C12H15ClN4. The van der Waals surface area contributed by atoms with Gasteiger partial charge in [-0.25, -0.2) is 0 Å². The van der Waals surface area contributed by atoms with Crippen LogP contribution in [0.3, 0.4) is 0 Å². The van der Waals surface area contributed by atoms with E-state index >= 15 is 0 Å². The predicted octanol–water partition coefficient (Wildman–Crippen LogP) is 1.72. The minimum absolute atomic E-state index is 0.198. The third-order valence-electron chi connectivity index (χ3n) is 2.20. The SMILES string of the molecule is CC(N)=C(C(=N)N)/C(Cl)=C(\N)c1ccccc1. The topological polar surface area (TPSA) is 102 Å². The lowest BCUT2D eigenvalue weighted by Gasteiger charge is -2.10. The third-order valence-corrected chi connectivity index (χ3v) is 2.60. The summed E-state index contributed by atoms with van der Waals surface area (Å²) in [7, 11) is 0. The van der Waals surface area contributed by atoms with E-state index in [4.69, 9.17) is 34.2 Å². The first-order valence-electron chi connectivity index (χ1n) is 4.97. The molecular weight excluding hydrogens is 236 g/mol. The second-order valence-electron chi connectivity index (χ2n) is 3.57. The Morgan fingerprint density at radius 3 is 2.06 bits per heavy atom. The fourth-order valence-corrected chi connectivity index (χ4v) is 1.74. The van der Waals surface area contributed by atoms with E-state index in [1.165, 1.54) is 0 Å². The quantitative estimate of drug-likeness (QED) is 0.373. The predicted molar refractivity (Wildman–Crippen MR) is 72.2 cm³/mol. The zero-order valence-corrected chi connectivity index (χ0v) is 10.3. The van der Waals surface area contributed by atoms with Gasteiger partial charge in [0.05, 0.1) is 16.3 Å². The number of halogens is 1. The molecule has 1 rings (SSSR count). The largest absolute Gasteiger partial charge is 0.402 e. The maximum atomic E-state index is 7.43. The summed E-state index contributed by atoms with van der Waals surface area (Å²) in [5.41, 5.74) is 18.7. The van der Waals surface area contributed by atoms with Crippen molar-refractivity contribution >= 4 is 23.1 Å². The fourth-order valence-electron chi connectivity index (χ4n) is 1.38. The van der Waals surface area contributed by atoms with Crippen molar-refractivity contribution in [1.29, 1.82) is 5.41 Å². The Balaban J connectivity index is 3.32. The smallest absolute Gasteiger partial charge is 0.126 e. The molecule has 0 unspecified atom stereocenters. The van der Waals surface area contributed by atoms with Gasteiger partial charge in [0.15, 0.2) is 0 Å². The molecule has 0 fully saturated rings. The summed E-state index contributed by atoms with van der Waals surface area (Å²) >= 11 is 6.12. The van der Waals surface area contributed by atoms with Gasteiger partial charge in [-0.1, -0.05) is 41.9 Å². The van der Waals surface area contributed by atoms with E-state index in [0.29, 0.717) is 11.4 Å². The first-order chi connectivity index (χ1) is 7.95. The van der Waals surface area contributed by atoms with E-state index in [1.807, 2.05) is 30.3 Å². The lowest BCUT2D eigenvalue weighted by atomic mass is 10.1. The Bertz CT molecular complexity index is 484. The lowest BCUT2D eigenvalue weighted by molar-refractivity contribution is 1.26. The van der Waals surface area contributed by atoms with E-state index in [0.717, 1.165) is 5.56 Å². The molecule has 0 aliphatic carbocycles. The summed E-state index contributed by atoms with van der Waals surface area (Å²) in [6.07, 6.45) is 0. The van der Waals surface area contributed by atoms with Crippen molar-refractivity contribution in [3.05, 3.63) is 52.2 Å². The van der Waals surface area contributed by atoms with Gasteiger partial charge in [0.25, 0.3) is 0 Å². The number of rotatable bonds is 3. The number of allylic oxidation sites excluding steroid dienone is 1. The second-order valence-corrected chi connectivity index (χ2v) is 3.94. The number of hydrogen-bond acceptors (Lipinski definition) is 3. The van der Waals surface area contributed by atoms with Crippen LogP contribution >= 0.6 is 11.6 Å². The zero-order chi connectivity index (χ0) is 13.0. The van der Waals surface area contributed by atoms with Gasteiger partial charge in [-0.3, -0.25) is 5.41 Å². The summed E-state index contributed by atoms with van der Waals surface area (Å²) in [5, 5.41) is 7.63. The van der Waals surface area contributed by atoms with Gasteiger partial charge in [0.2, 0.25) is 0 Å². The molecule has 0 radical (unpaired) electrons. The summed E-state index contributed by atoms with van der Waals surface area (Å²) in [4.78, 5) is 0. The molecule has 0 aromatic heterocycles. The molecule has 0 saturated carbocycles. The number of nitrogens with two attached hydrogens (primary N) is 3. The molecule has 0 aliphatic rings. The van der Waals surface area contributed by atoms with E-state index in [2.05, 4.69) is 0 Å². The molecule has 0 spiro atoms. The average molecular weight is 251 g/mol. The van der Waals surface area contributed by atoms with E-state index in [1.54, 1.807) is 6.92 Å². The van der Waals surface area contributed by atoms with Crippen LogP contribution < -0.4 is 17.2 Å². The Kier molecular flexibility index (Phi) is 4.17. The van der Waals surface area contributed by atoms with Gasteiger partial charge in [0.1, 0.15) is 5.84 Å². The minimum Gasteiger partial charge on any atom is -0.402 e. The second kappa shape index (κ2) is 5.41. The van der Waals surface area contributed by atoms with Crippen molar-refractivity contribution in [1.82, 2.24) is 0 Å². The fraction of sp³-hybridized carbons (Fsp3) is 0.0833. The molecule has 1 aromatic carbocycles. The Labute approximate surface area is 105 Å². The maximum Gasteiger partial charge on any atom is 0.126 e. The maximum absolute atomic E-state index is 7.43. The Morgan fingerprint density at radius 1 is 1.12 bits per heavy atom. The molecule has 0 heterocycles. The summed E-state index contributed by atoms with van der Waals surface area (Å²) in [6, 6.07) is 9.21. The van der Waals surface area contributed by atoms with Crippen molar-refractivity contribution in [3.8, 4) is 0 Å². The standard InChI is InChI=1S/C12H15ClN4/c1-7(14)9(12(16)17)10(13)11(15)8-5-3-2-4-6-8/h2-6H,14-15H2,1H3,(H3,16,17)/b9-7?,11-10+. The van der Waals surface area contributed by atoms with E-state index < -0.39 is 0 Å². The van der Waals surface area contributed by atoms with Crippen LogP contribution in [0.4, 0.5) is 0 Å². The van der Waals surface area contributed by atoms with Crippen molar-refractivity contribution in [2.24, 2.45) is 17.2 Å². The molecule has 0 aliphatic heterocycles. The van der Waals surface area contributed by atoms with Crippen molar-refractivity contribution in [2.75, 3.05) is 0 Å². The molecule has 1 aromatic rings. The minimum atomic E-state index is -0.200. The van der Waals surface area contributed by atoms with Gasteiger partial charge in [-0.05, 0) is 12.5 Å². The third kappa shape index (κ3) is 3.01. The van der Waals surface area contributed by atoms with Crippen molar-refractivity contribution in [3.63, 3.8) is 0 Å². The van der Waals surface area contributed by atoms with E-state index in [9.17, 15) is 0 Å². The zero-order valence-electron chi connectivity index (χ0n) is 9.50. The van der Waals surface area contributed by atoms with Crippen LogP contribution in [0, 0.1) is 5.41 Å². The average Bonchev–Trinajstić information content (AvgIpc) is 2.28. The van der Waals surface area contributed by atoms with Gasteiger partial charge in [-0.15, -0.1) is 0 Å². The Hall–Kier alpha value is -1.94. The number of amidine groups is 1. The highest BCUT2D eigenvalue weighted by Gasteiger charge is 2.13. The molecule has 5 heteroatoms. The summed E-state index contributed by atoms with van der Waals surface area (Å²) in [5.74, 6) is -0.200. The van der Waals surface area contributed by atoms with Crippen molar-refractivity contribution in [2.45, 2.75) is 6.92 Å². The van der Waals surface area contributed by atoms with Crippen LogP contribution in [0.15, 0.2) is 46.6 Å². The number of benzene rings is 1. The van der Waals surface area contributed by atoms with Crippen molar-refractivity contribution < 1.29 is 0 Å². The van der Waals surface area contributed by atoms with Crippen LogP contribution in [0.2, 0.25) is 0 Å². The molecule has 0 atom stereocenters. The monoisotopic (exact) mass is 250 g/mol. The molecule has 0 amide bonds. The first-order valence-corrected chi connectivity index (χ1v) is 5.34. The van der Waals surface area contributed by atoms with Crippen LogP contribution in [-0.2, 0) is 0 Å². The first kappa shape index (κ1) is 13.1.